The van der Waals surface area contributed by atoms with Gasteiger partial charge in [0.1, 0.15) is 11.5 Å². The first-order valence-electron chi connectivity index (χ1n) is 23.4. The topological polar surface area (TPSA) is 12.5 Å². The molecule has 1 atom stereocenters. The highest BCUT2D eigenvalue weighted by Crippen LogP contribution is 2.66. The zero-order valence-electron chi connectivity index (χ0n) is 36.7. The molecule has 0 bridgehead atoms. The third kappa shape index (κ3) is 4.86. The number of fused-ring (bicyclic) bond motifs is 20. The van der Waals surface area contributed by atoms with Gasteiger partial charge in [0, 0.05) is 47.6 Å². The molecule has 0 N–H and O–H groups in total. The number of hydrogen-bond donors (Lipinski definition) is 0. The maximum atomic E-state index is 6.99. The van der Waals surface area contributed by atoms with Gasteiger partial charge in [-0.3, -0.25) is 0 Å². The van der Waals surface area contributed by atoms with Gasteiger partial charge in [-0.05, 0) is 134 Å². The fraction of sp³-hybridized carbons (Fsp3) is 0.0794. The number of ether oxygens (including phenoxy) is 1. The van der Waals surface area contributed by atoms with E-state index in [0.717, 1.165) is 40.5 Å². The van der Waals surface area contributed by atoms with E-state index in [1.807, 2.05) is 23.1 Å². The van der Waals surface area contributed by atoms with Crippen LogP contribution >= 0.6 is 23.1 Å². The average Bonchev–Trinajstić information content (AvgIpc) is 4.01. The summed E-state index contributed by atoms with van der Waals surface area (Å²) in [4.78, 5) is 5.36. The molecule has 9 aromatic carbocycles. The van der Waals surface area contributed by atoms with Crippen LogP contribution in [0.2, 0.25) is 0 Å². The predicted octanol–water partition coefficient (Wildman–Crippen LogP) is 17.3. The molecule has 10 aromatic rings. The minimum Gasteiger partial charge on any atom is -0.457 e. The molecule has 3 heterocycles. The van der Waals surface area contributed by atoms with E-state index in [9.17, 15) is 0 Å². The molecule has 5 aliphatic rings. The lowest BCUT2D eigenvalue weighted by Gasteiger charge is -2.43. The first-order valence-corrected chi connectivity index (χ1v) is 25.0. The average molecular weight is 892 g/mol. The Balaban J connectivity index is 1.04. The summed E-state index contributed by atoms with van der Waals surface area (Å²) in [6.45, 7) is 2.41. The van der Waals surface area contributed by atoms with Gasteiger partial charge in [-0.15, -0.1) is 11.3 Å². The Morgan fingerprint density at radius 1 is 0.493 bits per heavy atom. The van der Waals surface area contributed by atoms with Gasteiger partial charge < -0.3 is 9.64 Å². The van der Waals surface area contributed by atoms with Gasteiger partial charge >= 0.3 is 0 Å². The molecular formula is C63H41NOS2. The van der Waals surface area contributed by atoms with E-state index in [1.165, 1.54) is 91.2 Å². The van der Waals surface area contributed by atoms with Crippen LogP contribution in [0.25, 0.3) is 42.4 Å². The molecule has 15 rings (SSSR count). The van der Waals surface area contributed by atoms with E-state index in [2.05, 4.69) is 224 Å². The molecular weight excluding hydrogens is 851 g/mol. The summed E-state index contributed by atoms with van der Waals surface area (Å²) in [7, 11) is 0. The Bertz CT molecular complexity index is 3760. The Morgan fingerprint density at radius 3 is 1.75 bits per heavy atom. The van der Waals surface area contributed by atoms with Crippen LogP contribution in [0.1, 0.15) is 52.3 Å². The van der Waals surface area contributed by atoms with Crippen molar-refractivity contribution in [3.8, 4) is 33.8 Å². The molecule has 0 radical (unpaired) electrons. The van der Waals surface area contributed by atoms with Crippen molar-refractivity contribution < 1.29 is 4.74 Å². The maximum absolute atomic E-state index is 6.99. The van der Waals surface area contributed by atoms with Crippen molar-refractivity contribution in [1.82, 2.24) is 0 Å². The molecule has 0 saturated carbocycles. The second kappa shape index (κ2) is 13.8. The molecule has 0 fully saturated rings. The van der Waals surface area contributed by atoms with Gasteiger partial charge in [0.2, 0.25) is 0 Å². The van der Waals surface area contributed by atoms with E-state index >= 15 is 0 Å². The zero-order chi connectivity index (χ0) is 44.0. The van der Waals surface area contributed by atoms with Gasteiger partial charge in [-0.25, -0.2) is 0 Å². The Morgan fingerprint density at radius 2 is 1.04 bits per heavy atom. The highest BCUT2D eigenvalue weighted by atomic mass is 32.2. The van der Waals surface area contributed by atoms with Gasteiger partial charge in [0.25, 0.3) is 0 Å². The molecule has 2 aliphatic heterocycles. The number of para-hydroxylation sites is 1. The summed E-state index contributed by atoms with van der Waals surface area (Å²) in [6, 6.07) is 75.2. The lowest BCUT2D eigenvalue weighted by atomic mass is 9.65. The zero-order valence-corrected chi connectivity index (χ0v) is 38.3. The standard InChI is InChI=1S/C63H41NOS2/c1-38-16-14-27-51-61(38)67-58-35-33-40(37-53(58)63(51)48-24-9-4-19-43(48)44-20-5-10-25-49(44)63)64(54-28-15-31-59-60(54)45-21-6-13-30-57(45)66-59)39-32-34-56-52(36-39)62(50-26-11-12-29-55(50)65-56)46-22-7-2-17-41(46)42-18-3-8-23-47(42)62/h2-15,17-38H,16H2,1H3. The molecule has 1 unspecified atom stereocenters. The number of anilines is 3. The van der Waals surface area contributed by atoms with Crippen LogP contribution in [0.5, 0.6) is 11.5 Å². The molecule has 316 valence electrons. The molecule has 3 aliphatic carbocycles. The first kappa shape index (κ1) is 37.8. The van der Waals surface area contributed by atoms with E-state index < -0.39 is 10.8 Å². The van der Waals surface area contributed by atoms with Gasteiger partial charge in [-0.2, -0.15) is 0 Å². The van der Waals surface area contributed by atoms with Crippen molar-refractivity contribution in [3.05, 3.63) is 262 Å². The van der Waals surface area contributed by atoms with Crippen molar-refractivity contribution in [2.45, 2.75) is 29.1 Å². The lowest BCUT2D eigenvalue weighted by molar-refractivity contribution is 0.436. The second-order valence-corrected chi connectivity index (χ2v) is 20.8. The predicted molar refractivity (Wildman–Crippen MR) is 279 cm³/mol. The van der Waals surface area contributed by atoms with Gasteiger partial charge in [0.05, 0.1) is 16.5 Å². The third-order valence-electron chi connectivity index (χ3n) is 15.4. The largest absolute Gasteiger partial charge is 0.457 e. The van der Waals surface area contributed by atoms with Gasteiger partial charge in [0.15, 0.2) is 0 Å². The minimum absolute atomic E-state index is 0.427. The number of thiophene rings is 1. The smallest absolute Gasteiger partial charge is 0.132 e. The molecule has 0 amide bonds. The summed E-state index contributed by atoms with van der Waals surface area (Å²) < 4.78 is 9.55. The van der Waals surface area contributed by atoms with Crippen molar-refractivity contribution in [1.29, 1.82) is 0 Å². The summed E-state index contributed by atoms with van der Waals surface area (Å²) in [5.74, 6) is 2.21. The van der Waals surface area contributed by atoms with E-state index in [0.29, 0.717) is 5.92 Å². The molecule has 2 nitrogen and oxygen atoms in total. The quantitative estimate of drug-likeness (QED) is 0.175. The summed E-state index contributed by atoms with van der Waals surface area (Å²) in [5, 5.41) is 2.54. The van der Waals surface area contributed by atoms with Crippen molar-refractivity contribution in [2.75, 3.05) is 4.90 Å². The van der Waals surface area contributed by atoms with Gasteiger partial charge in [-0.1, -0.05) is 170 Å². The van der Waals surface area contributed by atoms with Crippen LogP contribution in [0.4, 0.5) is 17.1 Å². The normalized spacial score (nSPS) is 17.0. The van der Waals surface area contributed by atoms with E-state index in [4.69, 9.17) is 4.74 Å². The van der Waals surface area contributed by atoms with Crippen molar-refractivity contribution in [2.24, 2.45) is 5.92 Å². The van der Waals surface area contributed by atoms with Crippen LogP contribution in [-0.4, -0.2) is 0 Å². The Hall–Kier alpha value is -7.37. The van der Waals surface area contributed by atoms with Crippen LogP contribution in [0.3, 0.4) is 0 Å². The van der Waals surface area contributed by atoms with E-state index in [-0.39, 0.29) is 0 Å². The fourth-order valence-electron chi connectivity index (χ4n) is 12.8. The highest BCUT2D eigenvalue weighted by molar-refractivity contribution is 8.03. The molecule has 1 aromatic heterocycles. The summed E-state index contributed by atoms with van der Waals surface area (Å²) in [6.07, 6.45) is 5.93. The lowest BCUT2D eigenvalue weighted by Crippen LogP contribution is -2.34. The Kier molecular flexibility index (Phi) is 7.81. The molecule has 67 heavy (non-hydrogen) atoms. The highest BCUT2D eigenvalue weighted by Gasteiger charge is 2.53. The van der Waals surface area contributed by atoms with Crippen molar-refractivity contribution >= 4 is 60.3 Å². The molecule has 4 heteroatoms. The molecule has 2 spiro atoms. The number of thioether (sulfide) groups is 1. The number of allylic oxidation sites excluding steroid dienone is 4. The number of benzene rings is 9. The number of nitrogens with zero attached hydrogens (tertiary/aromatic N) is 1. The summed E-state index contributed by atoms with van der Waals surface area (Å²) in [5.41, 5.74) is 17.8. The molecule has 0 saturated heterocycles. The SMILES string of the molecule is CC1CC=CC2=C1Sc1ccc(N(c3ccc4c(c3)C3(c5ccccc5O4)c4ccccc4-c4ccccc43)c3cccc4sc5ccccc5c34)cc1C21c2ccccc2-c2ccccc21. The second-order valence-electron chi connectivity index (χ2n) is 18.6. The monoisotopic (exact) mass is 891 g/mol. The maximum Gasteiger partial charge on any atom is 0.132 e. The van der Waals surface area contributed by atoms with Crippen LogP contribution in [0.15, 0.2) is 228 Å². The van der Waals surface area contributed by atoms with Crippen LogP contribution in [0, 0.1) is 5.92 Å². The van der Waals surface area contributed by atoms with Crippen molar-refractivity contribution in [3.63, 3.8) is 0 Å². The first-order chi connectivity index (χ1) is 33.1. The Labute approximate surface area is 398 Å². The van der Waals surface area contributed by atoms with Crippen LogP contribution in [-0.2, 0) is 10.8 Å². The number of hydrogen-bond acceptors (Lipinski definition) is 4. The van der Waals surface area contributed by atoms with E-state index in [1.54, 1.807) is 0 Å². The fourth-order valence-corrected chi connectivity index (χ4v) is 15.2. The number of rotatable bonds is 3. The minimum atomic E-state index is -0.596. The third-order valence-corrected chi connectivity index (χ3v) is 18.0. The van der Waals surface area contributed by atoms with Crippen LogP contribution < -0.4 is 9.64 Å². The summed E-state index contributed by atoms with van der Waals surface area (Å²) >= 11 is 3.85.